The van der Waals surface area contributed by atoms with Gasteiger partial charge in [0.2, 0.25) is 5.91 Å². The second kappa shape index (κ2) is 6.72. The molecule has 5 nitrogen and oxygen atoms in total. The van der Waals surface area contributed by atoms with Gasteiger partial charge in [-0.1, -0.05) is 0 Å². The molecule has 2 aromatic rings. The molecule has 2 amide bonds. The highest BCUT2D eigenvalue weighted by molar-refractivity contribution is 9.11. The maximum Gasteiger partial charge on any atom is 0.265 e. The summed E-state index contributed by atoms with van der Waals surface area (Å²) in [5, 5.41) is 2.86. The van der Waals surface area contributed by atoms with E-state index in [0.717, 1.165) is 10.2 Å². The largest absolute Gasteiger partial charge is 0.495 e. The average Bonchev–Trinajstić information content (AvgIpc) is 3.15. The van der Waals surface area contributed by atoms with E-state index >= 15 is 0 Å². The average molecular weight is 395 g/mol. The van der Waals surface area contributed by atoms with E-state index in [1.54, 1.807) is 36.3 Å². The molecule has 0 spiro atoms. The number of rotatable bonds is 4. The lowest BCUT2D eigenvalue weighted by atomic mass is 10.2. The monoisotopic (exact) mass is 394 g/mol. The number of hydrogen-bond donors (Lipinski definition) is 1. The summed E-state index contributed by atoms with van der Waals surface area (Å²) in [5.41, 5.74) is 1.33. The Morgan fingerprint density at radius 3 is 2.78 bits per heavy atom. The molecule has 1 aliphatic rings. The minimum atomic E-state index is -0.176. The zero-order valence-corrected chi connectivity index (χ0v) is 14.9. The number of carbonyl (C=O) groups is 2. The Morgan fingerprint density at radius 2 is 2.17 bits per heavy atom. The molecule has 3 rings (SSSR count). The summed E-state index contributed by atoms with van der Waals surface area (Å²) in [5.74, 6) is 0.524. The third-order valence-electron chi connectivity index (χ3n) is 3.60. The molecule has 0 saturated carbocycles. The van der Waals surface area contributed by atoms with Gasteiger partial charge in [0.1, 0.15) is 5.75 Å². The van der Waals surface area contributed by atoms with Crippen LogP contribution in [0.5, 0.6) is 5.75 Å². The van der Waals surface area contributed by atoms with Crippen molar-refractivity contribution in [3.63, 3.8) is 0 Å². The lowest BCUT2D eigenvalue weighted by molar-refractivity contribution is -0.117. The van der Waals surface area contributed by atoms with E-state index in [1.807, 2.05) is 6.07 Å². The van der Waals surface area contributed by atoms with Crippen LogP contribution >= 0.6 is 27.3 Å². The first kappa shape index (κ1) is 16.0. The van der Waals surface area contributed by atoms with E-state index in [0.29, 0.717) is 35.0 Å². The fourth-order valence-corrected chi connectivity index (χ4v) is 3.79. The molecule has 0 unspecified atom stereocenters. The first-order valence-corrected chi connectivity index (χ1v) is 8.74. The molecule has 1 saturated heterocycles. The normalized spacial score (nSPS) is 14.2. The number of amides is 2. The number of hydrogen-bond acceptors (Lipinski definition) is 4. The van der Waals surface area contributed by atoms with E-state index in [4.69, 9.17) is 4.74 Å². The number of thiophene rings is 1. The summed E-state index contributed by atoms with van der Waals surface area (Å²) in [6.45, 7) is 0.671. The Hall–Kier alpha value is -1.86. The third-order valence-corrected chi connectivity index (χ3v) is 5.22. The molecule has 0 aliphatic carbocycles. The summed E-state index contributed by atoms with van der Waals surface area (Å²) < 4.78 is 6.25. The van der Waals surface area contributed by atoms with E-state index in [-0.39, 0.29) is 11.8 Å². The predicted octanol–water partition coefficient (Wildman–Crippen LogP) is 3.90. The van der Waals surface area contributed by atoms with Crippen molar-refractivity contribution in [2.75, 3.05) is 23.9 Å². The SMILES string of the molecule is COc1ccc(NC(=O)c2ccc(Br)s2)cc1N1CCCC1=O. The van der Waals surface area contributed by atoms with Crippen molar-refractivity contribution in [3.8, 4) is 5.75 Å². The molecule has 2 heterocycles. The van der Waals surface area contributed by atoms with Crippen molar-refractivity contribution in [2.24, 2.45) is 0 Å². The van der Waals surface area contributed by atoms with Crippen LogP contribution in [-0.2, 0) is 4.79 Å². The maximum absolute atomic E-state index is 12.2. The van der Waals surface area contributed by atoms with Crippen LogP contribution in [0, 0.1) is 0 Å². The van der Waals surface area contributed by atoms with Crippen LogP contribution in [0.4, 0.5) is 11.4 Å². The zero-order chi connectivity index (χ0) is 16.4. The number of anilines is 2. The summed E-state index contributed by atoms with van der Waals surface area (Å²) in [6, 6.07) is 8.91. The molecular formula is C16H15BrN2O3S. The fraction of sp³-hybridized carbons (Fsp3) is 0.250. The smallest absolute Gasteiger partial charge is 0.265 e. The van der Waals surface area contributed by atoms with Crippen LogP contribution < -0.4 is 15.0 Å². The molecule has 1 fully saturated rings. The summed E-state index contributed by atoms with van der Waals surface area (Å²) in [7, 11) is 1.57. The zero-order valence-electron chi connectivity index (χ0n) is 12.5. The first-order chi connectivity index (χ1) is 11.1. The Morgan fingerprint density at radius 1 is 1.35 bits per heavy atom. The third kappa shape index (κ3) is 3.40. The molecule has 23 heavy (non-hydrogen) atoms. The van der Waals surface area contributed by atoms with Crippen LogP contribution in [-0.4, -0.2) is 25.5 Å². The number of ether oxygens (including phenoxy) is 1. The minimum absolute atomic E-state index is 0.0777. The summed E-state index contributed by atoms with van der Waals surface area (Å²) in [4.78, 5) is 26.5. The highest BCUT2D eigenvalue weighted by Crippen LogP contribution is 2.34. The molecular weight excluding hydrogens is 380 g/mol. The molecule has 1 aromatic carbocycles. The van der Waals surface area contributed by atoms with Gasteiger partial charge in [-0.05, 0) is 52.7 Å². The molecule has 1 N–H and O–H groups in total. The predicted molar refractivity (Wildman–Crippen MR) is 94.6 cm³/mol. The number of nitrogens with one attached hydrogen (secondary N) is 1. The van der Waals surface area contributed by atoms with E-state index in [1.165, 1.54) is 11.3 Å². The van der Waals surface area contributed by atoms with Crippen molar-refractivity contribution in [1.82, 2.24) is 0 Å². The Bertz CT molecular complexity index is 760. The number of nitrogens with zero attached hydrogens (tertiary/aromatic N) is 1. The quantitative estimate of drug-likeness (QED) is 0.855. The molecule has 0 radical (unpaired) electrons. The van der Waals surface area contributed by atoms with Crippen molar-refractivity contribution in [3.05, 3.63) is 39.0 Å². The second-order valence-corrected chi connectivity index (χ2v) is 7.56. The van der Waals surface area contributed by atoms with Crippen molar-refractivity contribution >= 4 is 50.5 Å². The molecule has 0 atom stereocenters. The first-order valence-electron chi connectivity index (χ1n) is 7.13. The van der Waals surface area contributed by atoms with Crippen LogP contribution in [0.15, 0.2) is 34.1 Å². The number of methoxy groups -OCH3 is 1. The van der Waals surface area contributed by atoms with Gasteiger partial charge in [-0.3, -0.25) is 9.59 Å². The standard InChI is InChI=1S/C16H15BrN2O3S/c1-22-12-5-4-10(9-11(12)19-8-2-3-15(19)20)18-16(21)13-6-7-14(17)23-13/h4-7,9H,2-3,8H2,1H3,(H,18,21). The Labute approximate surface area is 146 Å². The number of carbonyl (C=O) groups excluding carboxylic acids is 2. The van der Waals surface area contributed by atoms with Crippen LogP contribution in [0.2, 0.25) is 0 Å². The van der Waals surface area contributed by atoms with E-state index in [2.05, 4.69) is 21.2 Å². The molecule has 7 heteroatoms. The van der Waals surface area contributed by atoms with Gasteiger partial charge >= 0.3 is 0 Å². The minimum Gasteiger partial charge on any atom is -0.495 e. The van der Waals surface area contributed by atoms with E-state index in [9.17, 15) is 9.59 Å². The van der Waals surface area contributed by atoms with Gasteiger partial charge in [-0.2, -0.15) is 0 Å². The van der Waals surface area contributed by atoms with Gasteiger partial charge in [0, 0.05) is 18.7 Å². The van der Waals surface area contributed by atoms with Gasteiger partial charge in [0.15, 0.2) is 0 Å². The lowest BCUT2D eigenvalue weighted by Gasteiger charge is -2.20. The van der Waals surface area contributed by atoms with Crippen LogP contribution in [0.25, 0.3) is 0 Å². The molecule has 120 valence electrons. The van der Waals surface area contributed by atoms with Crippen molar-refractivity contribution < 1.29 is 14.3 Å². The Kier molecular flexibility index (Phi) is 4.68. The van der Waals surface area contributed by atoms with Gasteiger partial charge in [-0.15, -0.1) is 11.3 Å². The van der Waals surface area contributed by atoms with Crippen LogP contribution in [0.3, 0.4) is 0 Å². The molecule has 1 aromatic heterocycles. The summed E-state index contributed by atoms with van der Waals surface area (Å²) in [6.07, 6.45) is 1.38. The maximum atomic E-state index is 12.2. The topological polar surface area (TPSA) is 58.6 Å². The van der Waals surface area contributed by atoms with Gasteiger partial charge in [0.25, 0.3) is 5.91 Å². The summed E-state index contributed by atoms with van der Waals surface area (Å²) >= 11 is 4.71. The molecule has 1 aliphatic heterocycles. The fourth-order valence-electron chi connectivity index (χ4n) is 2.51. The van der Waals surface area contributed by atoms with Crippen LogP contribution in [0.1, 0.15) is 22.5 Å². The Balaban J connectivity index is 1.85. The second-order valence-electron chi connectivity index (χ2n) is 5.09. The van der Waals surface area contributed by atoms with Gasteiger partial charge < -0.3 is 15.0 Å². The highest BCUT2D eigenvalue weighted by Gasteiger charge is 2.25. The molecule has 0 bridgehead atoms. The number of halogens is 1. The van der Waals surface area contributed by atoms with Crippen molar-refractivity contribution in [2.45, 2.75) is 12.8 Å². The highest BCUT2D eigenvalue weighted by atomic mass is 79.9. The van der Waals surface area contributed by atoms with Gasteiger partial charge in [0.05, 0.1) is 21.5 Å². The van der Waals surface area contributed by atoms with E-state index < -0.39 is 0 Å². The lowest BCUT2D eigenvalue weighted by Crippen LogP contribution is -2.24. The van der Waals surface area contributed by atoms with Crippen molar-refractivity contribution in [1.29, 1.82) is 0 Å². The van der Waals surface area contributed by atoms with Gasteiger partial charge in [-0.25, -0.2) is 0 Å². The number of benzene rings is 1.